The molecule has 9 heteroatoms. The van der Waals surface area contributed by atoms with E-state index in [1.165, 1.54) is 6.07 Å². The zero-order chi connectivity index (χ0) is 19.9. The van der Waals surface area contributed by atoms with Crippen LogP contribution in [0, 0.1) is 5.92 Å². The molecule has 4 rings (SSSR count). The Morgan fingerprint density at radius 1 is 1.36 bits per heavy atom. The van der Waals surface area contributed by atoms with Crippen molar-refractivity contribution in [3.63, 3.8) is 0 Å². The van der Waals surface area contributed by atoms with Crippen LogP contribution in [0.2, 0.25) is 0 Å². The summed E-state index contributed by atoms with van der Waals surface area (Å²) >= 11 is 1.10. The SMILES string of the molecule is C[C@H](NC(=O)[C@@H]1C[C@H]1c1nc2ccccc2[nH]1)c1ccc(OCC(F)(F)F)s1. The quantitative estimate of drug-likeness (QED) is 0.628. The van der Waals surface area contributed by atoms with Crippen LogP contribution >= 0.6 is 11.3 Å². The number of amides is 1. The molecule has 0 radical (unpaired) electrons. The summed E-state index contributed by atoms with van der Waals surface area (Å²) in [5.74, 6) is 0.648. The number of hydrogen-bond acceptors (Lipinski definition) is 4. The van der Waals surface area contributed by atoms with Gasteiger partial charge in [-0.25, -0.2) is 4.98 Å². The van der Waals surface area contributed by atoms with E-state index in [4.69, 9.17) is 4.74 Å². The fourth-order valence-corrected chi connectivity index (χ4v) is 3.98. The Balaban J connectivity index is 1.33. The fraction of sp³-hybridized carbons (Fsp3) is 0.368. The molecule has 2 N–H and O–H groups in total. The molecule has 1 aliphatic rings. The number of halogens is 3. The van der Waals surface area contributed by atoms with Crippen LogP contribution in [0.1, 0.15) is 36.0 Å². The molecule has 148 valence electrons. The van der Waals surface area contributed by atoms with Crippen molar-refractivity contribution in [1.29, 1.82) is 0 Å². The highest BCUT2D eigenvalue weighted by molar-refractivity contribution is 7.13. The molecule has 1 amide bonds. The maximum Gasteiger partial charge on any atom is 0.422 e. The number of nitrogens with zero attached hydrogens (tertiary/aromatic N) is 1. The van der Waals surface area contributed by atoms with Gasteiger partial charge in [-0.05, 0) is 37.6 Å². The Labute approximate surface area is 162 Å². The molecule has 28 heavy (non-hydrogen) atoms. The van der Waals surface area contributed by atoms with Crippen molar-refractivity contribution >= 4 is 28.3 Å². The minimum atomic E-state index is -4.37. The van der Waals surface area contributed by atoms with Crippen LogP contribution in [0.4, 0.5) is 13.2 Å². The summed E-state index contributed by atoms with van der Waals surface area (Å²) in [4.78, 5) is 21.1. The van der Waals surface area contributed by atoms with Crippen LogP contribution in [0.25, 0.3) is 11.0 Å². The standard InChI is InChI=1S/C19H18F3N3O2S/c1-10(15-6-7-16(28-15)27-9-19(20,21)22)23-18(26)12-8-11(12)17-24-13-4-2-3-5-14(13)25-17/h2-7,10-12H,8-9H2,1H3,(H,23,26)(H,24,25)/t10-,11+,12+/m0/s1. The minimum Gasteiger partial charge on any atom is -0.475 e. The van der Waals surface area contributed by atoms with Crippen LogP contribution in [-0.4, -0.2) is 28.7 Å². The fourth-order valence-electron chi connectivity index (χ4n) is 3.12. The Morgan fingerprint density at radius 2 is 2.14 bits per heavy atom. The first-order chi connectivity index (χ1) is 13.3. The van der Waals surface area contributed by atoms with E-state index in [1.807, 2.05) is 24.3 Å². The maximum absolute atomic E-state index is 12.5. The van der Waals surface area contributed by atoms with Crippen LogP contribution < -0.4 is 10.1 Å². The average Bonchev–Trinajstić information content (AvgIpc) is 3.11. The van der Waals surface area contributed by atoms with Crippen LogP contribution in [0.15, 0.2) is 36.4 Å². The minimum absolute atomic E-state index is 0.0635. The van der Waals surface area contributed by atoms with Gasteiger partial charge in [-0.1, -0.05) is 12.1 Å². The van der Waals surface area contributed by atoms with Gasteiger partial charge >= 0.3 is 6.18 Å². The predicted molar refractivity (Wildman–Crippen MR) is 99.4 cm³/mol. The first kappa shape index (κ1) is 18.8. The second kappa shape index (κ2) is 7.12. The number of thiophene rings is 1. The van der Waals surface area contributed by atoms with Gasteiger partial charge in [0.05, 0.1) is 17.1 Å². The molecule has 1 saturated carbocycles. The largest absolute Gasteiger partial charge is 0.475 e. The summed E-state index contributed by atoms with van der Waals surface area (Å²) in [7, 11) is 0. The predicted octanol–water partition coefficient (Wildman–Crippen LogP) is 4.55. The number of nitrogens with one attached hydrogen (secondary N) is 2. The number of aromatic amines is 1. The molecule has 0 spiro atoms. The van der Waals surface area contributed by atoms with Gasteiger partial charge in [-0.15, -0.1) is 11.3 Å². The summed E-state index contributed by atoms with van der Waals surface area (Å²) in [6, 6.07) is 10.6. The molecule has 0 bridgehead atoms. The lowest BCUT2D eigenvalue weighted by Gasteiger charge is -2.12. The summed E-state index contributed by atoms with van der Waals surface area (Å²) < 4.78 is 41.4. The highest BCUT2D eigenvalue weighted by atomic mass is 32.1. The molecule has 2 heterocycles. The number of imidazole rings is 1. The van der Waals surface area contributed by atoms with Gasteiger partial charge in [0.15, 0.2) is 11.7 Å². The average molecular weight is 409 g/mol. The van der Waals surface area contributed by atoms with Crippen molar-refractivity contribution in [1.82, 2.24) is 15.3 Å². The lowest BCUT2D eigenvalue weighted by Crippen LogP contribution is -2.28. The smallest absolute Gasteiger partial charge is 0.422 e. The molecule has 3 aromatic rings. The van der Waals surface area contributed by atoms with E-state index in [9.17, 15) is 18.0 Å². The second-order valence-corrected chi connectivity index (χ2v) is 7.96. The van der Waals surface area contributed by atoms with E-state index in [-0.39, 0.29) is 28.8 Å². The van der Waals surface area contributed by atoms with Crippen molar-refractivity contribution in [3.05, 3.63) is 47.1 Å². The molecule has 5 nitrogen and oxygen atoms in total. The van der Waals surface area contributed by atoms with Crippen molar-refractivity contribution in [3.8, 4) is 5.06 Å². The molecular formula is C19H18F3N3O2S. The summed E-state index contributed by atoms with van der Waals surface area (Å²) in [6.45, 7) is 0.477. The number of H-pyrrole nitrogens is 1. The molecular weight excluding hydrogens is 391 g/mol. The molecule has 1 fully saturated rings. The number of fused-ring (bicyclic) bond motifs is 1. The van der Waals surface area contributed by atoms with Gasteiger partial charge < -0.3 is 15.0 Å². The maximum atomic E-state index is 12.5. The molecule has 0 unspecified atom stereocenters. The molecule has 1 aliphatic carbocycles. The topological polar surface area (TPSA) is 67.0 Å². The Bertz CT molecular complexity index is 965. The molecule has 0 saturated heterocycles. The van der Waals surface area contributed by atoms with E-state index in [0.29, 0.717) is 0 Å². The third-order valence-corrected chi connectivity index (χ3v) is 5.83. The number of rotatable bonds is 6. The highest BCUT2D eigenvalue weighted by Gasteiger charge is 2.46. The number of carbonyl (C=O) groups is 1. The van der Waals surface area contributed by atoms with Crippen molar-refractivity contribution in [2.45, 2.75) is 31.5 Å². The first-order valence-corrected chi connectivity index (χ1v) is 9.66. The number of ether oxygens (including phenoxy) is 1. The highest BCUT2D eigenvalue weighted by Crippen LogP contribution is 2.47. The normalized spacial score (nSPS) is 20.1. The summed E-state index contributed by atoms with van der Waals surface area (Å²) in [6.07, 6.45) is -3.65. The summed E-state index contributed by atoms with van der Waals surface area (Å²) in [5.41, 5.74) is 1.82. The van der Waals surface area contributed by atoms with Gasteiger partial charge in [0, 0.05) is 16.7 Å². The van der Waals surface area contributed by atoms with Gasteiger partial charge in [-0.3, -0.25) is 4.79 Å². The van der Waals surface area contributed by atoms with Gasteiger partial charge in [-0.2, -0.15) is 13.2 Å². The van der Waals surface area contributed by atoms with E-state index >= 15 is 0 Å². The Hall–Kier alpha value is -2.55. The van der Waals surface area contributed by atoms with Crippen LogP contribution in [-0.2, 0) is 4.79 Å². The lowest BCUT2D eigenvalue weighted by molar-refractivity contribution is -0.152. The van der Waals surface area contributed by atoms with Crippen molar-refractivity contribution < 1.29 is 22.7 Å². The van der Waals surface area contributed by atoms with Crippen LogP contribution in [0.3, 0.4) is 0 Å². The number of para-hydroxylation sites is 2. The number of aromatic nitrogens is 2. The summed E-state index contributed by atoms with van der Waals surface area (Å²) in [5, 5.41) is 3.11. The second-order valence-electron chi connectivity index (χ2n) is 6.88. The third kappa shape index (κ3) is 4.14. The van der Waals surface area contributed by atoms with Crippen LogP contribution in [0.5, 0.6) is 5.06 Å². The first-order valence-electron chi connectivity index (χ1n) is 8.84. The zero-order valence-electron chi connectivity index (χ0n) is 14.9. The van der Waals surface area contributed by atoms with Crippen molar-refractivity contribution in [2.75, 3.05) is 6.61 Å². The van der Waals surface area contributed by atoms with E-state index in [2.05, 4.69) is 15.3 Å². The van der Waals surface area contributed by atoms with Crippen molar-refractivity contribution in [2.24, 2.45) is 5.92 Å². The van der Waals surface area contributed by atoms with E-state index < -0.39 is 12.8 Å². The Morgan fingerprint density at radius 3 is 2.89 bits per heavy atom. The number of alkyl halides is 3. The number of carbonyl (C=O) groups excluding carboxylic acids is 1. The monoisotopic (exact) mass is 409 g/mol. The zero-order valence-corrected chi connectivity index (χ0v) is 15.7. The third-order valence-electron chi connectivity index (χ3n) is 4.65. The van der Waals surface area contributed by atoms with Gasteiger partial charge in [0.1, 0.15) is 5.82 Å². The number of benzene rings is 1. The molecule has 2 aromatic heterocycles. The molecule has 3 atom stereocenters. The number of hydrogen-bond donors (Lipinski definition) is 2. The van der Waals surface area contributed by atoms with E-state index in [1.54, 1.807) is 13.0 Å². The Kier molecular flexibility index (Phi) is 4.78. The molecule has 1 aromatic carbocycles. The molecule has 0 aliphatic heterocycles. The van der Waals surface area contributed by atoms with Gasteiger partial charge in [0.2, 0.25) is 5.91 Å². The van der Waals surface area contributed by atoms with Gasteiger partial charge in [0.25, 0.3) is 0 Å². The lowest BCUT2D eigenvalue weighted by atomic mass is 10.2. The van der Waals surface area contributed by atoms with E-state index in [0.717, 1.165) is 39.5 Å².